The SMILES string of the molecule is CCON=Cc1nn(S(C)(=O)=O)cc1Br. The van der Waals surface area contributed by atoms with Gasteiger partial charge in [-0.2, -0.15) is 9.19 Å². The van der Waals surface area contributed by atoms with Gasteiger partial charge in [0.25, 0.3) is 10.0 Å². The van der Waals surface area contributed by atoms with Crippen molar-refractivity contribution >= 4 is 32.2 Å². The van der Waals surface area contributed by atoms with E-state index >= 15 is 0 Å². The van der Waals surface area contributed by atoms with Crippen LogP contribution in [0.5, 0.6) is 0 Å². The molecule has 0 spiro atoms. The molecule has 84 valence electrons. The highest BCUT2D eigenvalue weighted by atomic mass is 79.9. The van der Waals surface area contributed by atoms with E-state index in [1.54, 1.807) is 6.92 Å². The van der Waals surface area contributed by atoms with Crippen LogP contribution in [0.15, 0.2) is 15.8 Å². The van der Waals surface area contributed by atoms with E-state index in [1.807, 2.05) is 0 Å². The van der Waals surface area contributed by atoms with E-state index in [0.717, 1.165) is 10.3 Å². The molecule has 0 radical (unpaired) electrons. The second-order valence-electron chi connectivity index (χ2n) is 2.65. The van der Waals surface area contributed by atoms with E-state index < -0.39 is 10.0 Å². The van der Waals surface area contributed by atoms with Crippen LogP contribution in [0.4, 0.5) is 0 Å². The minimum atomic E-state index is -3.36. The number of rotatable bonds is 4. The quantitative estimate of drug-likeness (QED) is 0.609. The van der Waals surface area contributed by atoms with Crippen molar-refractivity contribution in [1.29, 1.82) is 0 Å². The number of halogens is 1. The van der Waals surface area contributed by atoms with Crippen LogP contribution >= 0.6 is 15.9 Å². The molecule has 0 aliphatic carbocycles. The van der Waals surface area contributed by atoms with E-state index in [-0.39, 0.29) is 0 Å². The lowest BCUT2D eigenvalue weighted by molar-refractivity contribution is 0.160. The predicted octanol–water partition coefficient (Wildman–Crippen LogP) is 0.824. The standard InChI is InChI=1S/C7H10BrN3O3S/c1-3-14-9-4-7-6(8)5-11(10-7)15(2,12)13/h4-5H,3H2,1-2H3. The Kier molecular flexibility index (Phi) is 3.86. The Morgan fingerprint density at radius 3 is 2.87 bits per heavy atom. The van der Waals surface area contributed by atoms with Crippen molar-refractivity contribution in [2.45, 2.75) is 6.92 Å². The summed E-state index contributed by atoms with van der Waals surface area (Å²) in [5.41, 5.74) is 0.397. The molecule has 0 atom stereocenters. The second kappa shape index (κ2) is 4.75. The Hall–Kier alpha value is -0.890. The summed E-state index contributed by atoms with van der Waals surface area (Å²) in [4.78, 5) is 4.74. The van der Waals surface area contributed by atoms with Gasteiger partial charge >= 0.3 is 0 Å². The van der Waals surface area contributed by atoms with Crippen molar-refractivity contribution in [2.75, 3.05) is 12.9 Å². The summed E-state index contributed by atoms with van der Waals surface area (Å²) in [5, 5.41) is 7.40. The van der Waals surface area contributed by atoms with Crippen LogP contribution in [0.3, 0.4) is 0 Å². The third kappa shape index (κ3) is 3.31. The molecule has 6 nitrogen and oxygen atoms in total. The van der Waals surface area contributed by atoms with E-state index in [1.165, 1.54) is 12.4 Å². The summed E-state index contributed by atoms with van der Waals surface area (Å²) in [6.07, 6.45) is 3.76. The minimum Gasteiger partial charge on any atom is -0.396 e. The molecule has 0 aliphatic heterocycles. The molecule has 0 saturated carbocycles. The van der Waals surface area contributed by atoms with Gasteiger partial charge in [-0.15, -0.1) is 0 Å². The van der Waals surface area contributed by atoms with Crippen LogP contribution in [0.25, 0.3) is 0 Å². The molecule has 0 amide bonds. The molecule has 1 rings (SSSR count). The highest BCUT2D eigenvalue weighted by Crippen LogP contribution is 2.13. The van der Waals surface area contributed by atoms with Gasteiger partial charge in [0.15, 0.2) is 0 Å². The number of hydrogen-bond donors (Lipinski definition) is 0. The third-order valence-corrected chi connectivity index (χ3v) is 2.87. The minimum absolute atomic E-state index is 0.397. The van der Waals surface area contributed by atoms with Gasteiger partial charge in [0.1, 0.15) is 12.3 Å². The maximum atomic E-state index is 11.1. The molecule has 0 saturated heterocycles. The van der Waals surface area contributed by atoms with Crippen molar-refractivity contribution in [3.8, 4) is 0 Å². The zero-order chi connectivity index (χ0) is 11.5. The van der Waals surface area contributed by atoms with Crippen LogP contribution in [-0.4, -0.2) is 36.7 Å². The Morgan fingerprint density at radius 2 is 2.40 bits per heavy atom. The lowest BCUT2D eigenvalue weighted by Gasteiger charge is -1.93. The maximum Gasteiger partial charge on any atom is 0.250 e. The normalized spacial score (nSPS) is 12.2. The second-order valence-corrected chi connectivity index (χ2v) is 5.34. The van der Waals surface area contributed by atoms with Crippen LogP contribution < -0.4 is 0 Å². The van der Waals surface area contributed by atoms with Gasteiger partial charge in [0.2, 0.25) is 0 Å². The van der Waals surface area contributed by atoms with Gasteiger partial charge in [-0.1, -0.05) is 5.16 Å². The summed E-state index contributed by atoms with van der Waals surface area (Å²) in [5.74, 6) is 0. The molecular formula is C7H10BrN3O3S. The van der Waals surface area contributed by atoms with Gasteiger partial charge < -0.3 is 4.84 Å². The first kappa shape index (κ1) is 12.2. The average Bonchev–Trinajstić information content (AvgIpc) is 2.48. The Morgan fingerprint density at radius 1 is 1.73 bits per heavy atom. The highest BCUT2D eigenvalue weighted by molar-refractivity contribution is 9.10. The molecule has 0 N–H and O–H groups in total. The summed E-state index contributed by atoms with van der Waals surface area (Å²) in [7, 11) is -3.36. The first-order valence-electron chi connectivity index (χ1n) is 4.06. The fourth-order valence-electron chi connectivity index (χ4n) is 0.765. The number of nitrogens with zero attached hydrogens (tertiary/aromatic N) is 3. The lowest BCUT2D eigenvalue weighted by atomic mass is 10.5. The van der Waals surface area contributed by atoms with E-state index in [0.29, 0.717) is 16.8 Å². The van der Waals surface area contributed by atoms with Crippen LogP contribution in [-0.2, 0) is 14.9 Å². The Labute approximate surface area is 96.1 Å². The summed E-state index contributed by atoms with van der Waals surface area (Å²) < 4.78 is 23.7. The maximum absolute atomic E-state index is 11.1. The smallest absolute Gasteiger partial charge is 0.250 e. The van der Waals surface area contributed by atoms with Crippen molar-refractivity contribution < 1.29 is 13.3 Å². The first-order chi connectivity index (χ1) is 6.95. The summed E-state index contributed by atoms with van der Waals surface area (Å²) >= 11 is 3.17. The fraction of sp³-hybridized carbons (Fsp3) is 0.429. The van der Waals surface area contributed by atoms with Gasteiger partial charge in [0, 0.05) is 0 Å². The van der Waals surface area contributed by atoms with Crippen molar-refractivity contribution in [3.63, 3.8) is 0 Å². The van der Waals surface area contributed by atoms with Crippen LogP contribution in [0.2, 0.25) is 0 Å². The van der Waals surface area contributed by atoms with Crippen molar-refractivity contribution in [3.05, 3.63) is 16.4 Å². The molecule has 15 heavy (non-hydrogen) atoms. The largest absolute Gasteiger partial charge is 0.396 e. The van der Waals surface area contributed by atoms with E-state index in [4.69, 9.17) is 4.84 Å². The van der Waals surface area contributed by atoms with E-state index in [9.17, 15) is 8.42 Å². The molecule has 0 bridgehead atoms. The lowest BCUT2D eigenvalue weighted by Crippen LogP contribution is -2.10. The molecule has 1 heterocycles. The molecule has 0 unspecified atom stereocenters. The first-order valence-corrected chi connectivity index (χ1v) is 6.70. The fourth-order valence-corrected chi connectivity index (χ4v) is 1.81. The van der Waals surface area contributed by atoms with Gasteiger partial charge in [-0.3, -0.25) is 0 Å². The molecule has 0 aliphatic rings. The predicted molar refractivity (Wildman–Crippen MR) is 59.4 cm³/mol. The van der Waals surface area contributed by atoms with Crippen molar-refractivity contribution in [1.82, 2.24) is 9.19 Å². The number of oxime groups is 1. The monoisotopic (exact) mass is 295 g/mol. The average molecular weight is 296 g/mol. The summed E-state index contributed by atoms with van der Waals surface area (Å²) in [6, 6.07) is 0. The topological polar surface area (TPSA) is 73.6 Å². The highest BCUT2D eigenvalue weighted by Gasteiger charge is 2.11. The molecule has 1 aromatic rings. The molecule has 0 fully saturated rings. The van der Waals surface area contributed by atoms with E-state index in [2.05, 4.69) is 26.2 Å². The zero-order valence-electron chi connectivity index (χ0n) is 8.21. The number of aromatic nitrogens is 2. The van der Waals surface area contributed by atoms with Crippen molar-refractivity contribution in [2.24, 2.45) is 5.16 Å². The molecule has 8 heteroatoms. The molecule has 0 aromatic carbocycles. The molecular weight excluding hydrogens is 286 g/mol. The van der Waals surface area contributed by atoms with Gasteiger partial charge in [-0.05, 0) is 22.9 Å². The van der Waals surface area contributed by atoms with Crippen LogP contribution in [0, 0.1) is 0 Å². The van der Waals surface area contributed by atoms with Gasteiger partial charge in [-0.25, -0.2) is 8.42 Å². The Balaban J connectivity index is 2.97. The third-order valence-electron chi connectivity index (χ3n) is 1.39. The number of hydrogen-bond acceptors (Lipinski definition) is 5. The Bertz CT molecular complexity index is 466. The molecule has 1 aromatic heterocycles. The van der Waals surface area contributed by atoms with Crippen LogP contribution in [0.1, 0.15) is 12.6 Å². The van der Waals surface area contributed by atoms with Gasteiger partial charge in [0.05, 0.1) is 23.1 Å². The summed E-state index contributed by atoms with van der Waals surface area (Å²) in [6.45, 7) is 2.24. The zero-order valence-corrected chi connectivity index (χ0v) is 10.6.